The number of aromatic nitrogens is 1. The van der Waals surface area contributed by atoms with Crippen molar-refractivity contribution in [3.63, 3.8) is 0 Å². The highest BCUT2D eigenvalue weighted by molar-refractivity contribution is 5.89. The quantitative estimate of drug-likeness (QED) is 0.758. The number of nitrogens with zero attached hydrogens (tertiary/aromatic N) is 1. The van der Waals surface area contributed by atoms with E-state index < -0.39 is 0 Å². The lowest BCUT2D eigenvalue weighted by atomic mass is 10.1. The molecule has 5 heteroatoms. The van der Waals surface area contributed by atoms with Gasteiger partial charge in [-0.3, -0.25) is 4.79 Å². The number of rotatable bonds is 7. The van der Waals surface area contributed by atoms with Crippen molar-refractivity contribution < 1.29 is 9.32 Å². The zero-order valence-electron chi connectivity index (χ0n) is 11.6. The zero-order chi connectivity index (χ0) is 14.2. The molecule has 1 amide bonds. The summed E-state index contributed by atoms with van der Waals surface area (Å²) in [5.74, 6) is 1.09. The monoisotopic (exact) mass is 273 g/mol. The topological polar surface area (TPSA) is 67.2 Å². The molecular formula is C15H19N3O2. The molecule has 106 valence electrons. The van der Waals surface area contributed by atoms with Crippen molar-refractivity contribution in [1.29, 1.82) is 0 Å². The third-order valence-corrected chi connectivity index (χ3v) is 2.86. The first-order valence-corrected chi connectivity index (χ1v) is 6.72. The van der Waals surface area contributed by atoms with Crippen LogP contribution in [0, 0.1) is 6.92 Å². The van der Waals surface area contributed by atoms with Gasteiger partial charge < -0.3 is 15.2 Å². The predicted octanol–water partition coefficient (Wildman–Crippen LogP) is 2.14. The molecule has 2 aromatic rings. The third kappa shape index (κ3) is 4.85. The largest absolute Gasteiger partial charge is 0.360 e. The van der Waals surface area contributed by atoms with Gasteiger partial charge in [0.1, 0.15) is 5.76 Å². The summed E-state index contributed by atoms with van der Waals surface area (Å²) in [6.45, 7) is 3.30. The van der Waals surface area contributed by atoms with Crippen LogP contribution in [0.4, 0.5) is 5.82 Å². The van der Waals surface area contributed by atoms with E-state index in [2.05, 4.69) is 27.9 Å². The number of aryl methyl sites for hydroxylation is 1. The average molecular weight is 273 g/mol. The van der Waals surface area contributed by atoms with Gasteiger partial charge in [0.2, 0.25) is 5.91 Å². The Kier molecular flexibility index (Phi) is 5.32. The normalized spacial score (nSPS) is 10.4. The molecule has 0 aliphatic carbocycles. The Morgan fingerprint density at radius 3 is 2.75 bits per heavy atom. The molecule has 0 aliphatic heterocycles. The Hall–Kier alpha value is -2.14. The molecule has 0 radical (unpaired) electrons. The minimum Gasteiger partial charge on any atom is -0.360 e. The number of benzene rings is 1. The summed E-state index contributed by atoms with van der Waals surface area (Å²) in [4.78, 5) is 11.6. The van der Waals surface area contributed by atoms with Gasteiger partial charge in [0, 0.05) is 19.0 Å². The number of nitrogens with one attached hydrogen (secondary N) is 2. The lowest BCUT2D eigenvalue weighted by Crippen LogP contribution is -2.23. The molecule has 0 saturated heterocycles. The Labute approximate surface area is 118 Å². The second kappa shape index (κ2) is 7.45. The summed E-state index contributed by atoms with van der Waals surface area (Å²) >= 11 is 0. The second-order valence-corrected chi connectivity index (χ2v) is 4.61. The average Bonchev–Trinajstić information content (AvgIpc) is 2.85. The van der Waals surface area contributed by atoms with Crippen molar-refractivity contribution in [2.24, 2.45) is 0 Å². The van der Waals surface area contributed by atoms with Gasteiger partial charge in [0.05, 0.1) is 0 Å². The van der Waals surface area contributed by atoms with E-state index in [0.717, 1.165) is 13.0 Å². The van der Waals surface area contributed by atoms with Crippen molar-refractivity contribution in [2.75, 3.05) is 18.4 Å². The molecule has 0 bridgehead atoms. The van der Waals surface area contributed by atoms with Gasteiger partial charge in [0.25, 0.3) is 0 Å². The Morgan fingerprint density at radius 2 is 2.05 bits per heavy atom. The van der Waals surface area contributed by atoms with Crippen molar-refractivity contribution in [3.05, 3.63) is 47.7 Å². The molecule has 0 unspecified atom stereocenters. The minimum atomic E-state index is -0.0643. The van der Waals surface area contributed by atoms with Gasteiger partial charge in [-0.05, 0) is 25.5 Å². The number of anilines is 1. The van der Waals surface area contributed by atoms with E-state index in [0.29, 0.717) is 24.5 Å². The third-order valence-electron chi connectivity index (χ3n) is 2.86. The highest BCUT2D eigenvalue weighted by atomic mass is 16.5. The molecule has 1 aromatic heterocycles. The fraction of sp³-hybridized carbons (Fsp3) is 0.333. The SMILES string of the molecule is Cc1cc(NC(=O)CCNCCc2ccccc2)no1. The fourth-order valence-electron chi connectivity index (χ4n) is 1.83. The summed E-state index contributed by atoms with van der Waals surface area (Å²) in [5, 5.41) is 9.65. The molecule has 20 heavy (non-hydrogen) atoms. The standard InChI is InChI=1S/C15H19N3O2/c1-12-11-14(18-20-12)17-15(19)8-10-16-9-7-13-5-3-2-4-6-13/h2-6,11,16H,7-10H2,1H3,(H,17,18,19). The second-order valence-electron chi connectivity index (χ2n) is 4.61. The summed E-state index contributed by atoms with van der Waals surface area (Å²) in [6, 6.07) is 12.0. The first-order valence-electron chi connectivity index (χ1n) is 6.72. The van der Waals surface area contributed by atoms with Gasteiger partial charge >= 0.3 is 0 Å². The van der Waals surface area contributed by atoms with E-state index in [1.54, 1.807) is 13.0 Å². The van der Waals surface area contributed by atoms with Crippen molar-refractivity contribution in [3.8, 4) is 0 Å². The molecular weight excluding hydrogens is 254 g/mol. The molecule has 1 aromatic carbocycles. The first-order chi connectivity index (χ1) is 9.74. The maximum atomic E-state index is 11.6. The van der Waals surface area contributed by atoms with E-state index in [1.807, 2.05) is 18.2 Å². The molecule has 0 aliphatic rings. The minimum absolute atomic E-state index is 0.0643. The van der Waals surface area contributed by atoms with E-state index in [1.165, 1.54) is 5.56 Å². The smallest absolute Gasteiger partial charge is 0.226 e. The van der Waals surface area contributed by atoms with Crippen LogP contribution in [0.2, 0.25) is 0 Å². The molecule has 2 rings (SSSR count). The molecule has 0 fully saturated rings. The van der Waals surface area contributed by atoms with Crippen molar-refractivity contribution in [1.82, 2.24) is 10.5 Å². The van der Waals surface area contributed by atoms with Gasteiger partial charge in [-0.1, -0.05) is 35.5 Å². The predicted molar refractivity (Wildman–Crippen MR) is 77.5 cm³/mol. The highest BCUT2D eigenvalue weighted by Gasteiger charge is 2.05. The van der Waals surface area contributed by atoms with Crippen LogP contribution in [0.3, 0.4) is 0 Å². The van der Waals surface area contributed by atoms with Gasteiger partial charge in [0.15, 0.2) is 5.82 Å². The summed E-state index contributed by atoms with van der Waals surface area (Å²) in [5.41, 5.74) is 1.29. The zero-order valence-corrected chi connectivity index (χ0v) is 11.6. The van der Waals surface area contributed by atoms with E-state index in [-0.39, 0.29) is 5.91 Å². The van der Waals surface area contributed by atoms with Crippen LogP contribution in [0.5, 0.6) is 0 Å². The van der Waals surface area contributed by atoms with Crippen LogP contribution in [0.1, 0.15) is 17.7 Å². The number of hydrogen-bond acceptors (Lipinski definition) is 4. The number of carbonyl (C=O) groups is 1. The maximum absolute atomic E-state index is 11.6. The highest BCUT2D eigenvalue weighted by Crippen LogP contribution is 2.06. The van der Waals surface area contributed by atoms with Crippen LogP contribution < -0.4 is 10.6 Å². The Bertz CT molecular complexity index is 537. The maximum Gasteiger partial charge on any atom is 0.226 e. The number of carbonyl (C=O) groups excluding carboxylic acids is 1. The lowest BCUT2D eigenvalue weighted by molar-refractivity contribution is -0.116. The van der Waals surface area contributed by atoms with Crippen LogP contribution in [0.15, 0.2) is 40.9 Å². The molecule has 2 N–H and O–H groups in total. The molecule has 1 heterocycles. The van der Waals surface area contributed by atoms with E-state index in [9.17, 15) is 4.79 Å². The molecule has 0 atom stereocenters. The van der Waals surface area contributed by atoms with E-state index in [4.69, 9.17) is 4.52 Å². The van der Waals surface area contributed by atoms with E-state index >= 15 is 0 Å². The first kappa shape index (κ1) is 14.3. The Balaban J connectivity index is 1.58. The summed E-state index contributed by atoms with van der Waals surface area (Å²) in [6.07, 6.45) is 1.38. The molecule has 0 spiro atoms. The molecule has 5 nitrogen and oxygen atoms in total. The fourth-order valence-corrected chi connectivity index (χ4v) is 1.83. The Morgan fingerprint density at radius 1 is 1.25 bits per heavy atom. The number of hydrogen-bond donors (Lipinski definition) is 2. The van der Waals surface area contributed by atoms with Crippen molar-refractivity contribution >= 4 is 11.7 Å². The van der Waals surface area contributed by atoms with Crippen LogP contribution in [0.25, 0.3) is 0 Å². The number of amides is 1. The van der Waals surface area contributed by atoms with Gasteiger partial charge in [-0.2, -0.15) is 0 Å². The van der Waals surface area contributed by atoms with Crippen LogP contribution >= 0.6 is 0 Å². The molecule has 0 saturated carbocycles. The van der Waals surface area contributed by atoms with Crippen LogP contribution in [-0.2, 0) is 11.2 Å². The summed E-state index contributed by atoms with van der Waals surface area (Å²) in [7, 11) is 0. The lowest BCUT2D eigenvalue weighted by Gasteiger charge is -2.04. The summed E-state index contributed by atoms with van der Waals surface area (Å²) < 4.78 is 4.88. The van der Waals surface area contributed by atoms with Gasteiger partial charge in [-0.25, -0.2) is 0 Å². The van der Waals surface area contributed by atoms with Crippen molar-refractivity contribution in [2.45, 2.75) is 19.8 Å². The van der Waals surface area contributed by atoms with Gasteiger partial charge in [-0.15, -0.1) is 0 Å². The van der Waals surface area contributed by atoms with Crippen LogP contribution in [-0.4, -0.2) is 24.2 Å².